The maximum Gasteiger partial charge on any atom is 0.427 e. The molecule has 0 aliphatic rings. The molecule has 6 heteroatoms. The minimum atomic E-state index is -4.31. The first kappa shape index (κ1) is 7.59. The standard InChI is InChI=1S/C4HBF3NS/c5-3-9-1-2(10-3)4(6,7)8/h1H. The van der Waals surface area contributed by atoms with Crippen molar-refractivity contribution in [3.8, 4) is 0 Å². The molecule has 0 saturated carbocycles. The third-order valence-corrected chi connectivity index (χ3v) is 1.67. The van der Waals surface area contributed by atoms with Gasteiger partial charge < -0.3 is 0 Å². The van der Waals surface area contributed by atoms with Crippen molar-refractivity contribution in [2.24, 2.45) is 0 Å². The van der Waals surface area contributed by atoms with Crippen molar-refractivity contribution < 1.29 is 13.2 Å². The van der Waals surface area contributed by atoms with E-state index in [0.29, 0.717) is 11.3 Å². The Bertz CT molecular complexity index is 231. The van der Waals surface area contributed by atoms with Gasteiger partial charge in [0.2, 0.25) is 0 Å². The Labute approximate surface area is 60.3 Å². The Morgan fingerprint density at radius 2 is 2.10 bits per heavy atom. The lowest BCUT2D eigenvalue weighted by molar-refractivity contribution is -0.134. The van der Waals surface area contributed by atoms with E-state index in [4.69, 9.17) is 7.85 Å². The number of alkyl halides is 3. The Hall–Kier alpha value is -0.515. The topological polar surface area (TPSA) is 12.9 Å². The number of hydrogen-bond acceptors (Lipinski definition) is 2. The Morgan fingerprint density at radius 3 is 2.30 bits per heavy atom. The molecule has 0 N–H and O–H groups in total. The van der Waals surface area contributed by atoms with Crippen LogP contribution in [0.5, 0.6) is 0 Å². The van der Waals surface area contributed by atoms with Gasteiger partial charge in [0.05, 0.1) is 0 Å². The summed E-state index contributed by atoms with van der Waals surface area (Å²) < 4.78 is 35.1. The highest BCUT2D eigenvalue weighted by Gasteiger charge is 2.32. The predicted octanol–water partition coefficient (Wildman–Crippen LogP) is 0.956. The molecule has 1 rings (SSSR count). The molecule has 0 spiro atoms. The molecular formula is C4HBF3NS. The fraction of sp³-hybridized carbons (Fsp3) is 0.250. The third kappa shape index (κ3) is 1.50. The first-order valence-corrected chi connectivity index (χ1v) is 3.10. The molecular weight excluding hydrogens is 162 g/mol. The van der Waals surface area contributed by atoms with Crippen LogP contribution < -0.4 is 4.91 Å². The summed E-state index contributed by atoms with van der Waals surface area (Å²) in [5.41, 5.74) is 0. The summed E-state index contributed by atoms with van der Waals surface area (Å²) in [7, 11) is 4.98. The van der Waals surface area contributed by atoms with E-state index in [-0.39, 0.29) is 4.91 Å². The van der Waals surface area contributed by atoms with Crippen molar-refractivity contribution >= 4 is 24.1 Å². The summed E-state index contributed by atoms with van der Waals surface area (Å²) >= 11 is 0.436. The van der Waals surface area contributed by atoms with Gasteiger partial charge in [0, 0.05) is 11.1 Å². The Morgan fingerprint density at radius 1 is 1.50 bits per heavy atom. The van der Waals surface area contributed by atoms with Gasteiger partial charge >= 0.3 is 6.18 Å². The second kappa shape index (κ2) is 2.27. The number of nitrogens with zero attached hydrogens (tertiary/aromatic N) is 1. The molecule has 0 atom stereocenters. The molecule has 10 heavy (non-hydrogen) atoms. The Balaban J connectivity index is 2.96. The van der Waals surface area contributed by atoms with Crippen molar-refractivity contribution in [2.75, 3.05) is 0 Å². The van der Waals surface area contributed by atoms with E-state index in [0.717, 1.165) is 6.20 Å². The van der Waals surface area contributed by atoms with Crippen LogP contribution in [-0.4, -0.2) is 12.8 Å². The number of halogens is 3. The van der Waals surface area contributed by atoms with Crippen LogP contribution in [0.4, 0.5) is 13.2 Å². The van der Waals surface area contributed by atoms with E-state index < -0.39 is 11.1 Å². The van der Waals surface area contributed by atoms with Crippen molar-refractivity contribution in [2.45, 2.75) is 6.18 Å². The van der Waals surface area contributed by atoms with E-state index in [1.54, 1.807) is 0 Å². The second-order valence-corrected chi connectivity index (χ2v) is 2.62. The van der Waals surface area contributed by atoms with Crippen LogP contribution >= 0.6 is 11.3 Å². The number of hydrogen-bond donors (Lipinski definition) is 0. The molecule has 1 heterocycles. The maximum absolute atomic E-state index is 11.7. The van der Waals surface area contributed by atoms with Crippen LogP contribution in [-0.2, 0) is 6.18 Å². The zero-order valence-electron chi connectivity index (χ0n) is 4.64. The van der Waals surface area contributed by atoms with Crippen LogP contribution in [0.15, 0.2) is 6.20 Å². The normalized spacial score (nSPS) is 11.9. The van der Waals surface area contributed by atoms with Gasteiger partial charge in [-0.2, -0.15) is 13.2 Å². The summed E-state index contributed by atoms with van der Waals surface area (Å²) in [5, 5.41) is 0. The van der Waals surface area contributed by atoms with E-state index in [1.165, 1.54) is 0 Å². The average molecular weight is 163 g/mol. The highest BCUT2D eigenvalue weighted by atomic mass is 32.1. The van der Waals surface area contributed by atoms with Crippen LogP contribution in [0, 0.1) is 0 Å². The summed E-state index contributed by atoms with van der Waals surface area (Å²) in [6.07, 6.45) is -3.59. The molecule has 2 radical (unpaired) electrons. The van der Waals surface area contributed by atoms with Crippen LogP contribution in [0.25, 0.3) is 0 Å². The van der Waals surface area contributed by atoms with E-state index in [9.17, 15) is 13.2 Å². The molecule has 0 aromatic carbocycles. The summed E-state index contributed by atoms with van der Waals surface area (Å²) in [5.74, 6) is 0. The zero-order chi connectivity index (χ0) is 7.78. The first-order valence-electron chi connectivity index (χ1n) is 2.28. The first-order chi connectivity index (χ1) is 4.50. The smallest absolute Gasteiger partial charge is 0.261 e. The quantitative estimate of drug-likeness (QED) is 0.519. The molecule has 0 saturated heterocycles. The predicted molar refractivity (Wildman–Crippen MR) is 32.5 cm³/mol. The van der Waals surface area contributed by atoms with Gasteiger partial charge in [0.1, 0.15) is 4.88 Å². The van der Waals surface area contributed by atoms with Gasteiger partial charge in [0.15, 0.2) is 7.85 Å². The minimum Gasteiger partial charge on any atom is -0.261 e. The maximum atomic E-state index is 11.7. The van der Waals surface area contributed by atoms with Gasteiger partial charge in [-0.25, -0.2) is 0 Å². The molecule has 0 fully saturated rings. The van der Waals surface area contributed by atoms with Crippen molar-refractivity contribution in [3.05, 3.63) is 11.1 Å². The monoisotopic (exact) mass is 163 g/mol. The molecule has 0 aliphatic carbocycles. The van der Waals surface area contributed by atoms with Crippen molar-refractivity contribution in [1.82, 2.24) is 4.98 Å². The molecule has 0 unspecified atom stereocenters. The van der Waals surface area contributed by atoms with Gasteiger partial charge in [-0.3, -0.25) is 4.98 Å². The number of thiazole rings is 1. The lowest BCUT2D eigenvalue weighted by atomic mass is 10.2. The van der Waals surface area contributed by atoms with E-state index in [1.807, 2.05) is 0 Å². The molecule has 0 amide bonds. The van der Waals surface area contributed by atoms with Crippen LogP contribution in [0.1, 0.15) is 4.88 Å². The number of aromatic nitrogens is 1. The largest absolute Gasteiger partial charge is 0.427 e. The third-order valence-electron chi connectivity index (χ3n) is 0.803. The highest BCUT2D eigenvalue weighted by Crippen LogP contribution is 2.30. The lowest BCUT2D eigenvalue weighted by Gasteiger charge is -1.98. The van der Waals surface area contributed by atoms with Gasteiger partial charge in [-0.15, -0.1) is 11.3 Å². The highest BCUT2D eigenvalue weighted by molar-refractivity contribution is 7.19. The average Bonchev–Trinajstić information content (AvgIpc) is 2.11. The molecule has 1 aromatic heterocycles. The van der Waals surface area contributed by atoms with Gasteiger partial charge in [-0.05, 0) is 0 Å². The zero-order valence-corrected chi connectivity index (χ0v) is 5.46. The molecule has 1 nitrogen and oxygen atoms in total. The minimum absolute atomic E-state index is 0.0627. The Kier molecular flexibility index (Phi) is 1.72. The van der Waals surface area contributed by atoms with Crippen molar-refractivity contribution in [1.29, 1.82) is 0 Å². The van der Waals surface area contributed by atoms with Gasteiger partial charge in [-0.1, -0.05) is 0 Å². The van der Waals surface area contributed by atoms with Gasteiger partial charge in [0.25, 0.3) is 0 Å². The van der Waals surface area contributed by atoms with E-state index >= 15 is 0 Å². The summed E-state index contributed by atoms with van der Waals surface area (Å²) in [4.78, 5) is 2.44. The molecule has 52 valence electrons. The van der Waals surface area contributed by atoms with Crippen LogP contribution in [0.2, 0.25) is 0 Å². The molecule has 1 aromatic rings. The van der Waals surface area contributed by atoms with Crippen LogP contribution in [0.3, 0.4) is 0 Å². The SMILES string of the molecule is [B]c1ncc(C(F)(F)F)s1. The van der Waals surface area contributed by atoms with E-state index in [2.05, 4.69) is 4.98 Å². The van der Waals surface area contributed by atoms with Crippen molar-refractivity contribution in [3.63, 3.8) is 0 Å². The number of rotatable bonds is 0. The molecule has 0 aliphatic heterocycles. The molecule has 0 bridgehead atoms. The lowest BCUT2D eigenvalue weighted by Crippen LogP contribution is -2.01. The summed E-state index contributed by atoms with van der Waals surface area (Å²) in [6.45, 7) is 0. The summed E-state index contributed by atoms with van der Waals surface area (Å²) in [6, 6.07) is 0. The second-order valence-electron chi connectivity index (χ2n) is 1.56. The fourth-order valence-electron chi connectivity index (χ4n) is 0.419. The fourth-order valence-corrected chi connectivity index (χ4v) is 0.971.